The third-order valence-corrected chi connectivity index (χ3v) is 5.75. The largest absolute Gasteiger partial charge is 0.493 e. The fourth-order valence-corrected chi connectivity index (χ4v) is 4.12. The summed E-state index contributed by atoms with van der Waals surface area (Å²) in [5, 5.41) is 14.2. The first-order valence-corrected chi connectivity index (χ1v) is 10.2. The van der Waals surface area contributed by atoms with Gasteiger partial charge in [-0.3, -0.25) is 15.1 Å². The van der Waals surface area contributed by atoms with E-state index in [-0.39, 0.29) is 23.9 Å². The Balaban J connectivity index is 1.50. The second-order valence-electron chi connectivity index (χ2n) is 7.00. The van der Waals surface area contributed by atoms with Gasteiger partial charge in [-0.05, 0) is 30.2 Å². The number of carbonyl (C=O) groups excluding carboxylic acids is 1. The molecule has 0 aliphatic carbocycles. The molecule has 1 atom stereocenters. The summed E-state index contributed by atoms with van der Waals surface area (Å²) < 4.78 is 29.7. The molecular weight excluding hydrogens is 414 g/mol. The summed E-state index contributed by atoms with van der Waals surface area (Å²) >= 11 is 1.32. The number of benzene rings is 1. The maximum absolute atomic E-state index is 14.8. The van der Waals surface area contributed by atoms with Crippen LogP contribution in [0.1, 0.15) is 24.5 Å². The van der Waals surface area contributed by atoms with E-state index < -0.39 is 17.7 Å². The summed E-state index contributed by atoms with van der Waals surface area (Å²) in [7, 11) is 0. The summed E-state index contributed by atoms with van der Waals surface area (Å²) in [5.41, 5.74) is 4.00. The predicted molar refractivity (Wildman–Crippen MR) is 110 cm³/mol. The smallest absolute Gasteiger partial charge is 0.223 e. The van der Waals surface area contributed by atoms with E-state index in [1.165, 1.54) is 30.4 Å². The first-order chi connectivity index (χ1) is 14.4. The monoisotopic (exact) mass is 434 g/mol. The lowest BCUT2D eigenvalue weighted by atomic mass is 9.96. The second kappa shape index (κ2) is 8.41. The molecule has 30 heavy (non-hydrogen) atoms. The number of carbonyl (C=O) groups is 1. The average molecular weight is 434 g/mol. The lowest BCUT2D eigenvalue weighted by molar-refractivity contribution is -0.119. The third-order valence-electron chi connectivity index (χ3n) is 4.86. The van der Waals surface area contributed by atoms with E-state index in [0.29, 0.717) is 41.5 Å². The number of rotatable bonds is 5. The summed E-state index contributed by atoms with van der Waals surface area (Å²) in [5.74, 6) is -1.52. The molecule has 0 saturated carbocycles. The lowest BCUT2D eigenvalue weighted by Gasteiger charge is -2.26. The van der Waals surface area contributed by atoms with Crippen molar-refractivity contribution in [2.75, 3.05) is 24.5 Å². The number of halogens is 2. The van der Waals surface area contributed by atoms with Gasteiger partial charge in [0.25, 0.3) is 0 Å². The van der Waals surface area contributed by atoms with Crippen molar-refractivity contribution < 1.29 is 23.5 Å². The standard InChI is InChI=1S/C20H20F2N4O3S/c1-11(27)23-9-14-8-17(25-29-14)13-6-15(21)19(16(22)7-13)12-2-4-26(5-3-12)20-24-18(28)10-30-20/h2,6-8,10,14,25,28H,3-5,9H2,1H3,(H,23,27). The highest BCUT2D eigenvalue weighted by molar-refractivity contribution is 7.13. The number of hydrogen-bond acceptors (Lipinski definition) is 7. The molecule has 3 N–H and O–H groups in total. The van der Waals surface area contributed by atoms with E-state index in [4.69, 9.17) is 4.84 Å². The van der Waals surface area contributed by atoms with Crippen LogP contribution in [0.15, 0.2) is 29.7 Å². The Labute approximate surface area is 175 Å². The highest BCUT2D eigenvalue weighted by atomic mass is 32.1. The Morgan fingerprint density at radius 2 is 2.20 bits per heavy atom. The summed E-state index contributed by atoms with van der Waals surface area (Å²) in [6, 6.07) is 2.54. The zero-order valence-electron chi connectivity index (χ0n) is 16.1. The molecule has 158 valence electrons. The van der Waals surface area contributed by atoms with Gasteiger partial charge in [-0.15, -0.1) is 11.3 Å². The first-order valence-electron chi connectivity index (χ1n) is 9.37. The van der Waals surface area contributed by atoms with Gasteiger partial charge in [-0.25, -0.2) is 8.78 Å². The van der Waals surface area contributed by atoms with Gasteiger partial charge < -0.3 is 15.3 Å². The van der Waals surface area contributed by atoms with Crippen LogP contribution in [0, 0.1) is 11.6 Å². The van der Waals surface area contributed by atoms with Crippen LogP contribution < -0.4 is 15.7 Å². The van der Waals surface area contributed by atoms with Crippen LogP contribution in [0.5, 0.6) is 5.88 Å². The minimum atomic E-state index is -0.649. The molecule has 1 aromatic heterocycles. The van der Waals surface area contributed by atoms with Crippen molar-refractivity contribution in [2.24, 2.45) is 0 Å². The molecule has 2 aliphatic heterocycles. The lowest BCUT2D eigenvalue weighted by Crippen LogP contribution is -2.30. The Kier molecular flexibility index (Phi) is 5.69. The van der Waals surface area contributed by atoms with E-state index in [0.717, 1.165) is 0 Å². The van der Waals surface area contributed by atoms with Gasteiger partial charge in [0.05, 0.1) is 17.6 Å². The number of hydrogen-bond donors (Lipinski definition) is 3. The van der Waals surface area contributed by atoms with Crippen LogP contribution in [-0.2, 0) is 9.63 Å². The van der Waals surface area contributed by atoms with Gasteiger partial charge >= 0.3 is 0 Å². The Morgan fingerprint density at radius 1 is 1.43 bits per heavy atom. The van der Waals surface area contributed by atoms with Crippen molar-refractivity contribution in [3.05, 3.63) is 52.4 Å². The number of hydroxylamine groups is 1. The third kappa shape index (κ3) is 4.29. The molecule has 3 heterocycles. The molecule has 7 nitrogen and oxygen atoms in total. The van der Waals surface area contributed by atoms with Crippen LogP contribution in [0.25, 0.3) is 11.3 Å². The zero-order chi connectivity index (χ0) is 21.3. The minimum Gasteiger partial charge on any atom is -0.493 e. The van der Waals surface area contributed by atoms with E-state index in [9.17, 15) is 18.7 Å². The van der Waals surface area contributed by atoms with E-state index in [1.807, 2.05) is 4.90 Å². The van der Waals surface area contributed by atoms with Crippen LogP contribution >= 0.6 is 11.3 Å². The number of nitrogens with one attached hydrogen (secondary N) is 2. The Morgan fingerprint density at radius 3 is 2.80 bits per heavy atom. The molecule has 0 radical (unpaired) electrons. The second-order valence-corrected chi connectivity index (χ2v) is 7.84. The number of aromatic hydroxyl groups is 1. The molecular formula is C20H20F2N4O3S. The van der Waals surface area contributed by atoms with Crippen LogP contribution in [0.4, 0.5) is 13.9 Å². The fraction of sp³-hybridized carbons (Fsp3) is 0.300. The van der Waals surface area contributed by atoms with E-state index in [2.05, 4.69) is 15.8 Å². The molecule has 10 heteroatoms. The molecule has 1 aromatic carbocycles. The quantitative estimate of drug-likeness (QED) is 0.671. The normalized spacial score (nSPS) is 18.6. The van der Waals surface area contributed by atoms with Crippen molar-refractivity contribution in [1.82, 2.24) is 15.8 Å². The van der Waals surface area contributed by atoms with Crippen molar-refractivity contribution in [3.63, 3.8) is 0 Å². The highest BCUT2D eigenvalue weighted by Gasteiger charge is 2.24. The first kappa shape index (κ1) is 20.3. The van der Waals surface area contributed by atoms with E-state index >= 15 is 0 Å². The number of thiazole rings is 1. The van der Waals surface area contributed by atoms with Crippen LogP contribution in [0.3, 0.4) is 0 Å². The van der Waals surface area contributed by atoms with E-state index in [1.54, 1.807) is 17.5 Å². The number of nitrogens with zero attached hydrogens (tertiary/aromatic N) is 2. The van der Waals surface area contributed by atoms with Gasteiger partial charge in [0.2, 0.25) is 11.8 Å². The summed E-state index contributed by atoms with van der Waals surface area (Å²) in [4.78, 5) is 22.3. The van der Waals surface area contributed by atoms with Gasteiger partial charge in [-0.1, -0.05) is 6.08 Å². The van der Waals surface area contributed by atoms with Gasteiger partial charge in [-0.2, -0.15) is 4.98 Å². The SMILES string of the molecule is CC(=O)NCC1C=C(c2cc(F)c(C3=CCN(c4nc(O)cs4)CC3)c(F)c2)NO1. The van der Waals surface area contributed by atoms with Gasteiger partial charge in [0, 0.05) is 31.1 Å². The average Bonchev–Trinajstić information content (AvgIpc) is 3.35. The Hall–Kier alpha value is -2.98. The molecule has 1 amide bonds. The van der Waals surface area contributed by atoms with Crippen molar-refractivity contribution in [3.8, 4) is 5.88 Å². The zero-order valence-corrected chi connectivity index (χ0v) is 16.9. The van der Waals surface area contributed by atoms with Crippen molar-refractivity contribution in [2.45, 2.75) is 19.4 Å². The van der Waals surface area contributed by atoms with Gasteiger partial charge in [0.15, 0.2) is 5.13 Å². The molecule has 0 saturated heterocycles. The molecule has 1 unspecified atom stereocenters. The molecule has 4 rings (SSSR count). The number of aromatic nitrogens is 1. The molecule has 2 aromatic rings. The molecule has 0 spiro atoms. The maximum atomic E-state index is 14.8. The summed E-state index contributed by atoms with van der Waals surface area (Å²) in [6.45, 7) is 2.66. The highest BCUT2D eigenvalue weighted by Crippen LogP contribution is 2.33. The molecule has 0 fully saturated rings. The maximum Gasteiger partial charge on any atom is 0.223 e. The summed E-state index contributed by atoms with van der Waals surface area (Å²) in [6.07, 6.45) is 3.48. The topological polar surface area (TPSA) is 86.7 Å². The molecule has 0 bridgehead atoms. The van der Waals surface area contributed by atoms with Crippen LogP contribution in [-0.4, -0.2) is 41.7 Å². The molecule has 2 aliphatic rings. The minimum absolute atomic E-state index is 0.0319. The van der Waals surface area contributed by atoms with Gasteiger partial charge in [0.1, 0.15) is 17.7 Å². The van der Waals surface area contributed by atoms with Crippen molar-refractivity contribution in [1.29, 1.82) is 0 Å². The van der Waals surface area contributed by atoms with Crippen LogP contribution in [0.2, 0.25) is 0 Å². The Bertz CT molecular complexity index is 1010. The predicted octanol–water partition coefficient (Wildman–Crippen LogP) is 2.80. The fourth-order valence-electron chi connectivity index (χ4n) is 3.40. The van der Waals surface area contributed by atoms with Crippen molar-refractivity contribution >= 4 is 33.6 Å². The number of anilines is 1. The number of amides is 1.